The molecular formula is C25H23N3O4S4. The van der Waals surface area contributed by atoms with Crippen molar-refractivity contribution in [3.63, 3.8) is 0 Å². The predicted octanol–water partition coefficient (Wildman–Crippen LogP) is 5.25. The zero-order valence-electron chi connectivity index (χ0n) is 19.1. The molecule has 0 bridgehead atoms. The Morgan fingerprint density at radius 1 is 1.11 bits per heavy atom. The van der Waals surface area contributed by atoms with Crippen LogP contribution in [0, 0.1) is 0 Å². The van der Waals surface area contributed by atoms with Gasteiger partial charge in [0.2, 0.25) is 0 Å². The first-order chi connectivity index (χ1) is 17.3. The quantitative estimate of drug-likeness (QED) is 0.215. The number of carbonyl (C=O) groups excluding carboxylic acids is 1. The fourth-order valence-electron chi connectivity index (χ4n) is 3.76. The maximum atomic E-state index is 13.8. The number of aliphatic carboxylic acids is 1. The number of aromatic nitrogens is 1. The summed E-state index contributed by atoms with van der Waals surface area (Å²) in [5, 5.41) is 13.4. The number of anilines is 1. The summed E-state index contributed by atoms with van der Waals surface area (Å²) in [6.45, 7) is 0. The summed E-state index contributed by atoms with van der Waals surface area (Å²) in [5.41, 5.74) is 6.16. The highest BCUT2D eigenvalue weighted by atomic mass is 32.2. The van der Waals surface area contributed by atoms with Crippen LogP contribution in [0.25, 0.3) is 10.4 Å². The molecule has 7 nitrogen and oxygen atoms in total. The zero-order chi connectivity index (χ0) is 25.7. The first-order valence-electron chi connectivity index (χ1n) is 10.7. The van der Waals surface area contributed by atoms with Gasteiger partial charge in [0.25, 0.3) is 0 Å². The molecule has 4 aromatic rings. The molecule has 36 heavy (non-hydrogen) atoms. The smallest absolute Gasteiger partial charge is 0.328 e. The minimum Gasteiger partial charge on any atom is -0.480 e. The molecule has 0 fully saturated rings. The van der Waals surface area contributed by atoms with Crippen LogP contribution in [0.3, 0.4) is 0 Å². The Hall–Kier alpha value is -2.83. The van der Waals surface area contributed by atoms with Gasteiger partial charge in [-0.1, -0.05) is 54.6 Å². The molecule has 4 N–H and O–H groups in total. The maximum Gasteiger partial charge on any atom is 0.328 e. The van der Waals surface area contributed by atoms with Crippen LogP contribution in [-0.4, -0.2) is 37.6 Å². The van der Waals surface area contributed by atoms with E-state index in [0.29, 0.717) is 31.6 Å². The topological polar surface area (TPSA) is 122 Å². The maximum absolute atomic E-state index is 13.8. The van der Waals surface area contributed by atoms with Gasteiger partial charge in [-0.05, 0) is 29.7 Å². The van der Waals surface area contributed by atoms with Crippen molar-refractivity contribution in [2.75, 3.05) is 11.0 Å². The number of Topliss-reactive ketones (excluding diaryl/α,β-unsaturated/α-hetero) is 1. The lowest BCUT2D eigenvalue weighted by Crippen LogP contribution is -2.48. The van der Waals surface area contributed by atoms with Crippen LogP contribution in [-0.2, 0) is 21.3 Å². The van der Waals surface area contributed by atoms with Gasteiger partial charge in [-0.2, -0.15) is 11.8 Å². The molecule has 0 saturated heterocycles. The Labute approximate surface area is 223 Å². The van der Waals surface area contributed by atoms with Gasteiger partial charge in [-0.25, -0.2) is 14.0 Å². The SMILES string of the molecule is CSC(C[C@](N)(C(=O)O)c1ccccc1)C(=O)c1ccccc1-c1sccc1S(=O)Nc1nccs1. The fraction of sp³-hybridized carbons (Fsp3) is 0.160. The van der Waals surface area contributed by atoms with E-state index in [4.69, 9.17) is 5.73 Å². The third-order valence-electron chi connectivity index (χ3n) is 5.63. The van der Waals surface area contributed by atoms with Gasteiger partial charge >= 0.3 is 5.97 Å². The summed E-state index contributed by atoms with van der Waals surface area (Å²) < 4.78 is 16.0. The molecule has 0 saturated carbocycles. The second-order valence-corrected chi connectivity index (χ2v) is 11.8. The molecule has 0 spiro atoms. The van der Waals surface area contributed by atoms with Gasteiger partial charge in [0, 0.05) is 22.7 Å². The van der Waals surface area contributed by atoms with Crippen molar-refractivity contribution < 1.29 is 18.9 Å². The van der Waals surface area contributed by atoms with E-state index >= 15 is 0 Å². The number of hydrogen-bond acceptors (Lipinski definition) is 8. The van der Waals surface area contributed by atoms with Crippen molar-refractivity contribution in [2.45, 2.75) is 22.1 Å². The van der Waals surface area contributed by atoms with Crippen LogP contribution < -0.4 is 10.5 Å². The Kier molecular flexibility index (Phi) is 8.37. The number of carbonyl (C=O) groups is 2. The van der Waals surface area contributed by atoms with E-state index in [9.17, 15) is 18.9 Å². The molecule has 0 aliphatic heterocycles. The van der Waals surface area contributed by atoms with Gasteiger partial charge < -0.3 is 10.8 Å². The van der Waals surface area contributed by atoms with E-state index in [1.807, 2.05) is 17.5 Å². The normalized spacial score (nSPS) is 14.5. The van der Waals surface area contributed by atoms with Crippen molar-refractivity contribution in [1.29, 1.82) is 0 Å². The predicted molar refractivity (Wildman–Crippen MR) is 148 cm³/mol. The van der Waals surface area contributed by atoms with E-state index in [1.54, 1.807) is 66.4 Å². The second-order valence-electron chi connectivity index (χ2n) is 7.80. The monoisotopic (exact) mass is 557 g/mol. The molecule has 0 amide bonds. The number of thiazole rings is 1. The molecule has 0 radical (unpaired) electrons. The highest BCUT2D eigenvalue weighted by Gasteiger charge is 2.40. The number of hydrogen-bond donors (Lipinski definition) is 3. The number of thiophene rings is 1. The number of carboxylic acid groups (broad SMARTS) is 1. The summed E-state index contributed by atoms with van der Waals surface area (Å²) in [7, 11) is -1.58. The summed E-state index contributed by atoms with van der Waals surface area (Å²) in [6.07, 6.45) is 3.30. The Morgan fingerprint density at radius 3 is 2.50 bits per heavy atom. The number of rotatable bonds is 11. The molecule has 2 aromatic carbocycles. The van der Waals surface area contributed by atoms with Crippen molar-refractivity contribution >= 4 is 62.3 Å². The van der Waals surface area contributed by atoms with Gasteiger partial charge in [0.1, 0.15) is 5.54 Å². The average Bonchev–Trinajstić information content (AvgIpc) is 3.59. The van der Waals surface area contributed by atoms with E-state index < -0.39 is 27.7 Å². The van der Waals surface area contributed by atoms with Crippen LogP contribution in [0.4, 0.5) is 5.13 Å². The molecule has 0 aliphatic rings. The van der Waals surface area contributed by atoms with Crippen molar-refractivity contribution in [3.8, 4) is 10.4 Å². The van der Waals surface area contributed by atoms with Crippen molar-refractivity contribution in [1.82, 2.24) is 4.98 Å². The van der Waals surface area contributed by atoms with Crippen molar-refractivity contribution in [2.24, 2.45) is 5.73 Å². The van der Waals surface area contributed by atoms with Gasteiger partial charge in [-0.15, -0.1) is 22.7 Å². The Morgan fingerprint density at radius 2 is 1.83 bits per heavy atom. The van der Waals surface area contributed by atoms with Gasteiger partial charge in [-0.3, -0.25) is 9.52 Å². The van der Waals surface area contributed by atoms with Crippen LogP contribution >= 0.6 is 34.4 Å². The highest BCUT2D eigenvalue weighted by Crippen LogP contribution is 2.37. The second kappa shape index (κ2) is 11.5. The van der Waals surface area contributed by atoms with E-state index in [2.05, 4.69) is 9.71 Å². The lowest BCUT2D eigenvalue weighted by Gasteiger charge is -2.29. The van der Waals surface area contributed by atoms with Crippen LogP contribution in [0.1, 0.15) is 22.3 Å². The molecule has 11 heteroatoms. The van der Waals surface area contributed by atoms with Gasteiger partial charge in [0.05, 0.1) is 15.0 Å². The number of nitrogens with two attached hydrogens (primary N) is 1. The molecule has 186 valence electrons. The largest absolute Gasteiger partial charge is 0.480 e. The van der Waals surface area contributed by atoms with Crippen LogP contribution in [0.15, 0.2) is 82.5 Å². The molecule has 0 aliphatic carbocycles. The third-order valence-corrected chi connectivity index (χ3v) is 9.60. The first-order valence-corrected chi connectivity index (χ1v) is 14.9. The summed E-state index contributed by atoms with van der Waals surface area (Å²) in [6, 6.07) is 17.4. The summed E-state index contributed by atoms with van der Waals surface area (Å²) >= 11 is 3.99. The fourth-order valence-corrected chi connectivity index (χ4v) is 7.40. The molecule has 4 rings (SSSR count). The number of nitrogens with one attached hydrogen (secondary N) is 1. The van der Waals surface area contributed by atoms with Crippen LogP contribution in [0.5, 0.6) is 0 Å². The first kappa shape index (κ1) is 26.2. The summed E-state index contributed by atoms with van der Waals surface area (Å²) in [5.74, 6) is -1.43. The zero-order valence-corrected chi connectivity index (χ0v) is 22.4. The number of carboxylic acids is 1. The van der Waals surface area contributed by atoms with E-state index in [0.717, 1.165) is 0 Å². The Balaban J connectivity index is 1.67. The molecule has 2 aromatic heterocycles. The molecule has 2 unspecified atom stereocenters. The third kappa shape index (κ3) is 5.45. The Bertz CT molecular complexity index is 1370. The van der Waals surface area contributed by atoms with Crippen molar-refractivity contribution in [3.05, 3.63) is 88.7 Å². The minimum atomic E-state index is -1.73. The average molecular weight is 558 g/mol. The van der Waals surface area contributed by atoms with Crippen LogP contribution in [0.2, 0.25) is 0 Å². The summed E-state index contributed by atoms with van der Waals surface area (Å²) in [4.78, 5) is 31.4. The molecular weight excluding hydrogens is 535 g/mol. The minimum absolute atomic E-state index is 0.0878. The number of thioether (sulfide) groups is 1. The van der Waals surface area contributed by atoms with Gasteiger partial charge in [0.15, 0.2) is 21.9 Å². The lowest BCUT2D eigenvalue weighted by atomic mass is 9.84. The number of benzene rings is 2. The number of nitrogens with zero attached hydrogens (tertiary/aromatic N) is 1. The van der Waals surface area contributed by atoms with E-state index in [-0.39, 0.29) is 12.2 Å². The number of ketones is 1. The molecule has 3 atom stereocenters. The standard InChI is InChI=1S/C25H23N3O4S4/c1-33-19(15-25(26,23(30)31)16-7-3-2-4-8-16)21(29)17-9-5-6-10-18(17)22-20(11-13-34-22)36(32)28-24-27-12-14-35-24/h2-14,19H,15,26H2,1H3,(H,27,28)(H,30,31)/t19?,25-,36?/m1/s1. The lowest BCUT2D eigenvalue weighted by molar-refractivity contribution is -0.144. The molecule has 2 heterocycles. The van der Waals surface area contributed by atoms with E-state index in [1.165, 1.54) is 34.4 Å². The highest BCUT2D eigenvalue weighted by molar-refractivity contribution is 8.00.